The van der Waals surface area contributed by atoms with Crippen LogP contribution in [0.2, 0.25) is 0 Å². The minimum absolute atomic E-state index is 0.0637. The maximum absolute atomic E-state index is 14.9. The van der Waals surface area contributed by atoms with E-state index in [1.165, 1.54) is 26.0 Å². The molecule has 5 N–H and O–H groups in total. The van der Waals surface area contributed by atoms with Gasteiger partial charge in [0.05, 0.1) is 35.6 Å². The van der Waals surface area contributed by atoms with Gasteiger partial charge < -0.3 is 49.4 Å². The molecule has 1 unspecified atom stereocenters. The number of benzene rings is 2. The summed E-state index contributed by atoms with van der Waals surface area (Å²) in [5, 5.41) is 51.6. The summed E-state index contributed by atoms with van der Waals surface area (Å²) in [6, 6.07) is 14.6. The number of nitrogens with one attached hydrogen (secondary N) is 1. The zero-order valence-electron chi connectivity index (χ0n) is 33.9. The zero-order chi connectivity index (χ0) is 42.7. The minimum Gasteiger partial charge on any atom is -0.456 e. The summed E-state index contributed by atoms with van der Waals surface area (Å²) in [6.07, 6.45) is -11.5. The number of esters is 3. The molecule has 0 aromatic heterocycles. The number of carbonyl (C=O) groups is 5. The van der Waals surface area contributed by atoms with E-state index in [4.69, 9.17) is 23.7 Å². The molecular weight excluding hydrogens is 754 g/mol. The van der Waals surface area contributed by atoms with Crippen molar-refractivity contribution in [3.8, 4) is 0 Å². The lowest BCUT2D eigenvalue weighted by Crippen LogP contribution is -2.81. The van der Waals surface area contributed by atoms with Gasteiger partial charge in [0.15, 0.2) is 17.5 Å². The number of hydrogen-bond donors (Lipinski definition) is 5. The van der Waals surface area contributed by atoms with Crippen LogP contribution in [0.15, 0.2) is 71.8 Å². The van der Waals surface area contributed by atoms with Crippen molar-refractivity contribution in [2.24, 2.45) is 16.7 Å². The predicted molar refractivity (Wildman–Crippen MR) is 204 cm³/mol. The topological polar surface area (TPSA) is 224 Å². The van der Waals surface area contributed by atoms with Gasteiger partial charge in [0.2, 0.25) is 0 Å². The SMILES string of the molecule is CC(=O)O[C@@]12CO[C@@H]1C[C@H](O)[C@@]1(C)C(=O)[C@H](O)C3=C(C)C(OC(=O)[C@H](O)[C@@H](NC(=O)OC(C)(C)C)c4ccccc4)C[C@@](O)([C@@H](OC(=O)c4ccccc4)[C@H]21)C3(C)C. The van der Waals surface area contributed by atoms with Crippen LogP contribution < -0.4 is 5.32 Å². The Morgan fingerprint density at radius 1 is 0.948 bits per heavy atom. The maximum Gasteiger partial charge on any atom is 0.408 e. The fourth-order valence-corrected chi connectivity index (χ4v) is 9.56. The molecule has 1 heterocycles. The Labute approximate surface area is 336 Å². The monoisotopic (exact) mass is 807 g/mol. The highest BCUT2D eigenvalue weighted by Crippen LogP contribution is 2.64. The Kier molecular flexibility index (Phi) is 11.2. The maximum atomic E-state index is 14.9. The van der Waals surface area contributed by atoms with Crippen LogP contribution in [0.25, 0.3) is 0 Å². The summed E-state index contributed by atoms with van der Waals surface area (Å²) in [5.74, 6) is -5.36. The van der Waals surface area contributed by atoms with E-state index < -0.39 is 112 Å². The number of ketones is 1. The van der Waals surface area contributed by atoms with Crippen LogP contribution in [-0.4, -0.2) is 110 Å². The molecule has 15 heteroatoms. The van der Waals surface area contributed by atoms with Crippen molar-refractivity contribution in [2.75, 3.05) is 6.61 Å². The number of Topliss-reactive ketones (excluding diaryl/α,β-unsaturated/α-hetero) is 1. The summed E-state index contributed by atoms with van der Waals surface area (Å²) in [6.45, 7) is 11.8. The lowest BCUT2D eigenvalue weighted by atomic mass is 9.44. The third-order valence-corrected chi connectivity index (χ3v) is 12.6. The molecule has 15 nitrogen and oxygen atoms in total. The van der Waals surface area contributed by atoms with Gasteiger partial charge in [-0.05, 0) is 63.5 Å². The van der Waals surface area contributed by atoms with Gasteiger partial charge in [-0.1, -0.05) is 62.4 Å². The molecule has 2 aromatic carbocycles. The van der Waals surface area contributed by atoms with E-state index in [1.807, 2.05) is 0 Å². The number of rotatable bonds is 8. The number of aliphatic hydroxyl groups is 4. The van der Waals surface area contributed by atoms with Crippen LogP contribution in [0.3, 0.4) is 0 Å². The second kappa shape index (κ2) is 15.2. The van der Waals surface area contributed by atoms with Crippen LogP contribution in [0.4, 0.5) is 4.79 Å². The van der Waals surface area contributed by atoms with Gasteiger partial charge in [-0.3, -0.25) is 9.59 Å². The highest BCUT2D eigenvalue weighted by molar-refractivity contribution is 5.94. The first-order valence-corrected chi connectivity index (χ1v) is 19.3. The molecule has 2 aromatic rings. The molecule has 1 aliphatic heterocycles. The van der Waals surface area contributed by atoms with E-state index in [0.717, 1.165) is 6.92 Å². The van der Waals surface area contributed by atoms with Crippen LogP contribution in [-0.2, 0) is 38.1 Å². The van der Waals surface area contributed by atoms with Crippen molar-refractivity contribution in [3.63, 3.8) is 0 Å². The van der Waals surface area contributed by atoms with E-state index in [9.17, 15) is 44.4 Å². The van der Waals surface area contributed by atoms with E-state index in [1.54, 1.807) is 83.1 Å². The zero-order valence-corrected chi connectivity index (χ0v) is 33.9. The van der Waals surface area contributed by atoms with Gasteiger partial charge in [0.25, 0.3) is 0 Å². The van der Waals surface area contributed by atoms with Gasteiger partial charge >= 0.3 is 24.0 Å². The number of alkyl carbamates (subject to hydrolysis) is 1. The molecule has 0 spiro atoms. The molecule has 11 atom stereocenters. The van der Waals surface area contributed by atoms with Crippen molar-refractivity contribution < 1.29 is 68.1 Å². The average Bonchev–Trinajstić information content (AvgIpc) is 3.14. The van der Waals surface area contributed by atoms with E-state index in [2.05, 4.69) is 5.32 Å². The highest BCUT2D eigenvalue weighted by Gasteiger charge is 2.78. The first-order chi connectivity index (χ1) is 27.0. The third-order valence-electron chi connectivity index (χ3n) is 12.6. The average molecular weight is 808 g/mol. The Balaban J connectivity index is 1.49. The Bertz CT molecular complexity index is 1980. The second-order valence-electron chi connectivity index (χ2n) is 17.6. The molecular formula is C43H53NO14. The molecule has 2 saturated carbocycles. The molecule has 4 aliphatic rings. The second-order valence-corrected chi connectivity index (χ2v) is 17.6. The van der Waals surface area contributed by atoms with E-state index in [0.29, 0.717) is 5.56 Å². The molecule has 6 rings (SSSR count). The summed E-state index contributed by atoms with van der Waals surface area (Å²) in [5.41, 5.74) is -8.14. The molecule has 0 radical (unpaired) electrons. The van der Waals surface area contributed by atoms with Gasteiger partial charge in [-0.2, -0.15) is 0 Å². The lowest BCUT2D eigenvalue weighted by molar-refractivity contribution is -0.346. The van der Waals surface area contributed by atoms with Gasteiger partial charge in [0.1, 0.15) is 35.6 Å². The predicted octanol–water partition coefficient (Wildman–Crippen LogP) is 3.26. The summed E-state index contributed by atoms with van der Waals surface area (Å²) >= 11 is 0. The third kappa shape index (κ3) is 7.10. The van der Waals surface area contributed by atoms with Crippen molar-refractivity contribution in [2.45, 2.75) is 128 Å². The van der Waals surface area contributed by atoms with Gasteiger partial charge in [-0.15, -0.1) is 0 Å². The summed E-state index contributed by atoms with van der Waals surface area (Å²) in [4.78, 5) is 68.9. The number of fused-ring (bicyclic) bond motifs is 5. The summed E-state index contributed by atoms with van der Waals surface area (Å²) < 4.78 is 29.5. The van der Waals surface area contributed by atoms with Crippen molar-refractivity contribution >= 4 is 29.8 Å². The van der Waals surface area contributed by atoms with E-state index >= 15 is 0 Å². The normalized spacial score (nSPS) is 33.7. The first kappa shape index (κ1) is 42.9. The van der Waals surface area contributed by atoms with Crippen LogP contribution in [0, 0.1) is 16.7 Å². The molecule has 1 amide bonds. The van der Waals surface area contributed by atoms with Crippen LogP contribution in [0.1, 0.15) is 90.2 Å². The van der Waals surface area contributed by atoms with Crippen molar-refractivity contribution in [1.29, 1.82) is 0 Å². The smallest absolute Gasteiger partial charge is 0.408 e. The number of ether oxygens (including phenoxy) is 5. The fraction of sp³-hybridized carbons (Fsp3) is 0.558. The number of carbonyl (C=O) groups excluding carboxylic acids is 5. The Morgan fingerprint density at radius 3 is 2.10 bits per heavy atom. The Hall–Kier alpha value is -4.67. The Morgan fingerprint density at radius 2 is 1.55 bits per heavy atom. The highest BCUT2D eigenvalue weighted by atomic mass is 16.6. The van der Waals surface area contributed by atoms with Gasteiger partial charge in [0, 0.05) is 25.2 Å². The molecule has 58 heavy (non-hydrogen) atoms. The van der Waals surface area contributed by atoms with Crippen LogP contribution in [0.5, 0.6) is 0 Å². The van der Waals surface area contributed by atoms with E-state index in [-0.39, 0.29) is 29.7 Å². The molecule has 3 fully saturated rings. The largest absolute Gasteiger partial charge is 0.456 e. The van der Waals surface area contributed by atoms with Crippen LogP contribution >= 0.6 is 0 Å². The lowest BCUT2D eigenvalue weighted by Gasteiger charge is -2.67. The molecule has 2 bridgehead atoms. The number of hydrogen-bond acceptors (Lipinski definition) is 14. The first-order valence-electron chi connectivity index (χ1n) is 19.3. The number of amides is 1. The minimum atomic E-state index is -2.35. The molecule has 1 saturated heterocycles. The van der Waals surface area contributed by atoms with Crippen molar-refractivity contribution in [3.05, 3.63) is 82.9 Å². The van der Waals surface area contributed by atoms with Gasteiger partial charge in [-0.25, -0.2) is 14.4 Å². The fourth-order valence-electron chi connectivity index (χ4n) is 9.56. The van der Waals surface area contributed by atoms with Crippen molar-refractivity contribution in [1.82, 2.24) is 5.32 Å². The standard InChI is InChI=1S/C43H53NO14/c1-22-26(55-37(51)32(48)30(24-15-11-9-12-16-24)44-38(52)58-39(3,4)5)20-43(53)35(56-36(50)25-17-13-10-14-18-25)33-41(8,34(49)31(47)29(22)40(43,6)7)27(46)19-28-42(33,21-54-28)57-23(2)45/h9-18,26-28,30-33,35,46-48,53H,19-21H2,1-8H3,(H,44,52)/t26?,27-,28+,30-,31+,32+,33-,35-,41+,42-,43+/m0/s1. The summed E-state index contributed by atoms with van der Waals surface area (Å²) in [7, 11) is 0. The molecule has 314 valence electrons. The molecule has 3 aliphatic carbocycles. The quantitative estimate of drug-likeness (QED) is 0.147. The number of aliphatic hydroxyl groups excluding tert-OH is 3.